The fraction of sp³-hybridized carbons (Fsp3) is 0.778. The molecule has 136 valence electrons. The van der Waals surface area contributed by atoms with E-state index >= 15 is 0 Å². The Morgan fingerprint density at radius 2 is 1.96 bits per heavy atom. The first-order valence-electron chi connectivity index (χ1n) is 9.41. The third-order valence-electron chi connectivity index (χ3n) is 4.66. The molecule has 0 aromatic carbocycles. The van der Waals surface area contributed by atoms with Crippen molar-refractivity contribution < 1.29 is 4.52 Å². The molecule has 0 bridgehead atoms. The molecular weight excluding hydrogens is 302 g/mol. The molecule has 0 atom stereocenters. The number of guanidine groups is 1. The SMILES string of the molecule is CCc1noc(CC)c1CNC(=NC)NCCCCN1CCCC1. The minimum Gasteiger partial charge on any atom is -0.361 e. The molecule has 1 aromatic rings. The van der Waals surface area contributed by atoms with Crippen LogP contribution in [-0.2, 0) is 19.4 Å². The second-order valence-corrected chi connectivity index (χ2v) is 6.35. The van der Waals surface area contributed by atoms with E-state index in [4.69, 9.17) is 4.52 Å². The van der Waals surface area contributed by atoms with E-state index in [2.05, 4.69) is 39.5 Å². The van der Waals surface area contributed by atoms with Gasteiger partial charge in [0, 0.05) is 32.1 Å². The predicted molar refractivity (Wildman–Crippen MR) is 98.4 cm³/mol. The lowest BCUT2D eigenvalue weighted by Crippen LogP contribution is -2.37. The summed E-state index contributed by atoms with van der Waals surface area (Å²) in [5.74, 6) is 1.82. The average Bonchev–Trinajstić information content (AvgIpc) is 3.26. The van der Waals surface area contributed by atoms with Gasteiger partial charge in [-0.2, -0.15) is 0 Å². The number of nitrogens with zero attached hydrogens (tertiary/aromatic N) is 3. The van der Waals surface area contributed by atoms with Crippen LogP contribution in [0, 0.1) is 0 Å². The van der Waals surface area contributed by atoms with Crippen LogP contribution in [0.15, 0.2) is 9.52 Å². The highest BCUT2D eigenvalue weighted by Gasteiger charge is 2.13. The molecule has 2 heterocycles. The first-order chi connectivity index (χ1) is 11.8. The molecule has 6 nitrogen and oxygen atoms in total. The summed E-state index contributed by atoms with van der Waals surface area (Å²) >= 11 is 0. The van der Waals surface area contributed by atoms with Crippen LogP contribution in [0.3, 0.4) is 0 Å². The molecule has 1 saturated heterocycles. The van der Waals surface area contributed by atoms with Gasteiger partial charge in [-0.15, -0.1) is 0 Å². The van der Waals surface area contributed by atoms with Crippen LogP contribution in [-0.4, -0.2) is 49.2 Å². The smallest absolute Gasteiger partial charge is 0.191 e. The Labute approximate surface area is 146 Å². The fourth-order valence-electron chi connectivity index (χ4n) is 3.20. The highest BCUT2D eigenvalue weighted by Crippen LogP contribution is 2.15. The van der Waals surface area contributed by atoms with Crippen molar-refractivity contribution in [2.75, 3.05) is 33.2 Å². The van der Waals surface area contributed by atoms with Gasteiger partial charge in [-0.3, -0.25) is 4.99 Å². The van der Waals surface area contributed by atoms with Crippen molar-refractivity contribution >= 4 is 5.96 Å². The lowest BCUT2D eigenvalue weighted by atomic mass is 10.1. The summed E-state index contributed by atoms with van der Waals surface area (Å²) in [4.78, 5) is 6.87. The number of hydrogen-bond acceptors (Lipinski definition) is 4. The zero-order valence-electron chi connectivity index (χ0n) is 15.5. The van der Waals surface area contributed by atoms with Gasteiger partial charge in [-0.25, -0.2) is 0 Å². The minimum absolute atomic E-state index is 0.712. The largest absolute Gasteiger partial charge is 0.361 e. The lowest BCUT2D eigenvalue weighted by molar-refractivity contribution is 0.330. The van der Waals surface area contributed by atoms with E-state index in [1.54, 1.807) is 0 Å². The summed E-state index contributed by atoms with van der Waals surface area (Å²) in [6.07, 6.45) is 6.92. The second-order valence-electron chi connectivity index (χ2n) is 6.35. The van der Waals surface area contributed by atoms with Crippen LogP contribution < -0.4 is 10.6 Å². The van der Waals surface area contributed by atoms with Crippen LogP contribution >= 0.6 is 0 Å². The van der Waals surface area contributed by atoms with Gasteiger partial charge in [-0.05, 0) is 51.7 Å². The number of nitrogens with one attached hydrogen (secondary N) is 2. The van der Waals surface area contributed by atoms with Gasteiger partial charge in [0.05, 0.1) is 5.69 Å². The number of aryl methyl sites for hydroxylation is 2. The maximum absolute atomic E-state index is 5.41. The Kier molecular flexibility index (Phi) is 8.08. The van der Waals surface area contributed by atoms with Crippen LogP contribution in [0.2, 0.25) is 0 Å². The van der Waals surface area contributed by atoms with E-state index in [-0.39, 0.29) is 0 Å². The van der Waals surface area contributed by atoms with E-state index in [0.29, 0.717) is 6.54 Å². The highest BCUT2D eigenvalue weighted by molar-refractivity contribution is 5.79. The van der Waals surface area contributed by atoms with Crippen molar-refractivity contribution in [3.8, 4) is 0 Å². The number of aromatic nitrogens is 1. The zero-order chi connectivity index (χ0) is 17.2. The Morgan fingerprint density at radius 3 is 2.62 bits per heavy atom. The molecule has 1 fully saturated rings. The van der Waals surface area contributed by atoms with Gasteiger partial charge in [0.2, 0.25) is 0 Å². The van der Waals surface area contributed by atoms with E-state index in [0.717, 1.165) is 36.8 Å². The summed E-state index contributed by atoms with van der Waals surface area (Å²) in [5, 5.41) is 10.9. The summed E-state index contributed by atoms with van der Waals surface area (Å²) in [6.45, 7) is 9.67. The van der Waals surface area contributed by atoms with Gasteiger partial charge < -0.3 is 20.1 Å². The molecular formula is C18H33N5O. The number of aliphatic imine (C=N–C) groups is 1. The molecule has 0 saturated carbocycles. The summed E-state index contributed by atoms with van der Waals surface area (Å²) < 4.78 is 5.41. The van der Waals surface area contributed by atoms with Crippen LogP contribution in [0.25, 0.3) is 0 Å². The van der Waals surface area contributed by atoms with E-state index in [9.17, 15) is 0 Å². The third kappa shape index (κ3) is 5.51. The Morgan fingerprint density at radius 1 is 1.17 bits per heavy atom. The summed E-state index contributed by atoms with van der Waals surface area (Å²) in [5.41, 5.74) is 2.22. The monoisotopic (exact) mass is 335 g/mol. The second kappa shape index (κ2) is 10.3. The molecule has 6 heteroatoms. The maximum Gasteiger partial charge on any atom is 0.191 e. The molecule has 1 aromatic heterocycles. The minimum atomic E-state index is 0.712. The first kappa shape index (κ1) is 18.8. The Bertz CT molecular complexity index is 484. The topological polar surface area (TPSA) is 65.7 Å². The highest BCUT2D eigenvalue weighted by atomic mass is 16.5. The average molecular weight is 335 g/mol. The van der Waals surface area contributed by atoms with Crippen LogP contribution in [0.1, 0.15) is 56.5 Å². The van der Waals surface area contributed by atoms with E-state index in [1.807, 2.05) is 7.05 Å². The van der Waals surface area contributed by atoms with Crippen molar-refractivity contribution in [3.63, 3.8) is 0 Å². The van der Waals surface area contributed by atoms with Crippen molar-refractivity contribution in [3.05, 3.63) is 17.0 Å². The molecule has 24 heavy (non-hydrogen) atoms. The summed E-state index contributed by atoms with van der Waals surface area (Å²) in [7, 11) is 1.81. The van der Waals surface area contributed by atoms with E-state index < -0.39 is 0 Å². The molecule has 0 unspecified atom stereocenters. The van der Waals surface area contributed by atoms with Crippen LogP contribution in [0.5, 0.6) is 0 Å². The first-order valence-corrected chi connectivity index (χ1v) is 9.41. The molecule has 1 aliphatic rings. The predicted octanol–water partition coefficient (Wildman–Crippen LogP) is 2.34. The Hall–Kier alpha value is -1.56. The van der Waals surface area contributed by atoms with Crippen molar-refractivity contribution in [1.82, 2.24) is 20.7 Å². The van der Waals surface area contributed by atoms with Crippen molar-refractivity contribution in [2.45, 2.75) is 58.9 Å². The number of hydrogen-bond donors (Lipinski definition) is 2. The maximum atomic E-state index is 5.41. The zero-order valence-corrected chi connectivity index (χ0v) is 15.5. The molecule has 0 spiro atoms. The molecule has 1 aliphatic heterocycles. The third-order valence-corrected chi connectivity index (χ3v) is 4.66. The Balaban J connectivity index is 1.67. The van der Waals surface area contributed by atoms with Crippen molar-refractivity contribution in [1.29, 1.82) is 0 Å². The van der Waals surface area contributed by atoms with E-state index in [1.165, 1.54) is 50.9 Å². The number of rotatable bonds is 9. The van der Waals surface area contributed by atoms with Crippen molar-refractivity contribution in [2.24, 2.45) is 4.99 Å². The van der Waals surface area contributed by atoms with Gasteiger partial charge >= 0.3 is 0 Å². The number of likely N-dealkylation sites (tertiary alicyclic amines) is 1. The van der Waals surface area contributed by atoms with Gasteiger partial charge in [-0.1, -0.05) is 19.0 Å². The summed E-state index contributed by atoms with van der Waals surface area (Å²) in [6, 6.07) is 0. The van der Waals surface area contributed by atoms with Gasteiger partial charge in [0.15, 0.2) is 5.96 Å². The molecule has 0 aliphatic carbocycles. The molecule has 0 amide bonds. The lowest BCUT2D eigenvalue weighted by Gasteiger charge is -2.15. The van der Waals surface area contributed by atoms with Crippen LogP contribution in [0.4, 0.5) is 0 Å². The van der Waals surface area contributed by atoms with Gasteiger partial charge in [0.1, 0.15) is 5.76 Å². The molecule has 2 rings (SSSR count). The molecule has 0 radical (unpaired) electrons. The molecule has 2 N–H and O–H groups in total. The normalized spacial score (nSPS) is 15.9. The quantitative estimate of drug-likeness (QED) is 0.412. The number of unbranched alkanes of at least 4 members (excludes halogenated alkanes) is 1. The fourth-order valence-corrected chi connectivity index (χ4v) is 3.20. The standard InChI is InChI=1S/C18H33N5O/c1-4-16-15(17(5-2)24-22-16)14-21-18(19-3)20-10-6-7-11-23-12-8-9-13-23/h4-14H2,1-3H3,(H2,19,20,21). The van der Waals surface area contributed by atoms with Gasteiger partial charge in [0.25, 0.3) is 0 Å².